The summed E-state index contributed by atoms with van der Waals surface area (Å²) in [4.78, 5) is 14.1. The fourth-order valence-electron chi connectivity index (χ4n) is 3.39. The minimum atomic E-state index is 0.293. The number of amides is 1. The number of likely N-dealkylation sites (tertiary alicyclic amines) is 1. The molecule has 0 radical (unpaired) electrons. The van der Waals surface area contributed by atoms with Gasteiger partial charge in [-0.1, -0.05) is 30.3 Å². The molecule has 2 heterocycles. The van der Waals surface area contributed by atoms with Crippen LogP contribution in [-0.2, 0) is 16.1 Å². The summed E-state index contributed by atoms with van der Waals surface area (Å²) in [6.07, 6.45) is 3.01. The molecule has 4 heteroatoms. The maximum absolute atomic E-state index is 12.1. The lowest BCUT2D eigenvalue weighted by Crippen LogP contribution is -2.32. The number of hydrogen-bond acceptors (Lipinski definition) is 3. The van der Waals surface area contributed by atoms with Crippen LogP contribution in [0.2, 0.25) is 0 Å². The monoisotopic (exact) mass is 302 g/mol. The van der Waals surface area contributed by atoms with Crippen molar-refractivity contribution in [1.29, 1.82) is 0 Å². The molecular weight excluding hydrogens is 276 g/mol. The number of benzene rings is 1. The molecule has 120 valence electrons. The van der Waals surface area contributed by atoms with Gasteiger partial charge < -0.3 is 15.0 Å². The molecule has 1 aromatic carbocycles. The second-order valence-corrected chi connectivity index (χ2v) is 6.54. The first-order chi connectivity index (χ1) is 10.8. The largest absolute Gasteiger partial charge is 0.381 e. The van der Waals surface area contributed by atoms with Crippen LogP contribution in [-0.4, -0.2) is 43.7 Å². The highest BCUT2D eigenvalue weighted by Gasteiger charge is 2.29. The molecule has 1 N–H and O–H groups in total. The number of ether oxygens (including phenoxy) is 1. The van der Waals surface area contributed by atoms with Crippen LogP contribution in [0.1, 0.15) is 24.8 Å². The molecule has 3 rings (SSSR count). The Hall–Kier alpha value is -1.39. The lowest BCUT2D eigenvalue weighted by Gasteiger charge is -2.23. The third kappa shape index (κ3) is 4.31. The molecule has 2 aliphatic heterocycles. The summed E-state index contributed by atoms with van der Waals surface area (Å²) in [5.74, 6) is 1.49. The number of hydrogen-bond donors (Lipinski definition) is 1. The van der Waals surface area contributed by atoms with Crippen molar-refractivity contribution in [3.05, 3.63) is 35.9 Å². The number of carbonyl (C=O) groups is 1. The Bertz CT molecular complexity index is 471. The third-order valence-corrected chi connectivity index (χ3v) is 4.72. The van der Waals surface area contributed by atoms with Gasteiger partial charge in [0.2, 0.25) is 5.91 Å². The van der Waals surface area contributed by atoms with Crippen molar-refractivity contribution in [1.82, 2.24) is 10.2 Å². The molecular formula is C18H26N2O2. The van der Waals surface area contributed by atoms with Crippen LogP contribution >= 0.6 is 0 Å². The van der Waals surface area contributed by atoms with E-state index in [-0.39, 0.29) is 0 Å². The summed E-state index contributed by atoms with van der Waals surface area (Å²) in [7, 11) is 0. The highest BCUT2D eigenvalue weighted by atomic mass is 16.5. The number of nitrogens with zero attached hydrogens (tertiary/aromatic N) is 1. The van der Waals surface area contributed by atoms with Gasteiger partial charge in [-0.05, 0) is 36.8 Å². The van der Waals surface area contributed by atoms with Crippen LogP contribution in [0.3, 0.4) is 0 Å². The van der Waals surface area contributed by atoms with Crippen molar-refractivity contribution in [2.75, 3.05) is 32.8 Å². The van der Waals surface area contributed by atoms with Gasteiger partial charge in [-0.15, -0.1) is 0 Å². The first kappa shape index (κ1) is 15.5. The Morgan fingerprint density at radius 3 is 2.59 bits per heavy atom. The summed E-state index contributed by atoms with van der Waals surface area (Å²) < 4.78 is 5.39. The number of rotatable bonds is 6. The lowest BCUT2D eigenvalue weighted by molar-refractivity contribution is -0.128. The summed E-state index contributed by atoms with van der Waals surface area (Å²) in [5, 5.41) is 3.57. The quantitative estimate of drug-likeness (QED) is 0.874. The maximum atomic E-state index is 12.1. The average molecular weight is 302 g/mol. The second-order valence-electron chi connectivity index (χ2n) is 6.54. The zero-order valence-corrected chi connectivity index (χ0v) is 13.2. The summed E-state index contributed by atoms with van der Waals surface area (Å²) >= 11 is 0. The Kier molecular flexibility index (Phi) is 5.46. The van der Waals surface area contributed by atoms with Gasteiger partial charge in [0.15, 0.2) is 0 Å². The minimum Gasteiger partial charge on any atom is -0.381 e. The first-order valence-corrected chi connectivity index (χ1v) is 8.41. The van der Waals surface area contributed by atoms with E-state index >= 15 is 0 Å². The maximum Gasteiger partial charge on any atom is 0.223 e. The SMILES string of the molecule is O=C1CC(CNCC2CCOCC2)CN1Cc1ccccc1. The molecule has 2 aliphatic rings. The van der Waals surface area contributed by atoms with Gasteiger partial charge in [-0.3, -0.25) is 4.79 Å². The summed E-state index contributed by atoms with van der Waals surface area (Å²) in [6.45, 7) is 5.45. The van der Waals surface area contributed by atoms with E-state index in [2.05, 4.69) is 17.4 Å². The molecule has 0 aromatic heterocycles. The zero-order valence-electron chi connectivity index (χ0n) is 13.2. The van der Waals surface area contributed by atoms with Gasteiger partial charge >= 0.3 is 0 Å². The summed E-state index contributed by atoms with van der Waals surface area (Å²) in [5.41, 5.74) is 1.21. The van der Waals surface area contributed by atoms with Crippen molar-refractivity contribution in [2.24, 2.45) is 11.8 Å². The molecule has 0 bridgehead atoms. The third-order valence-electron chi connectivity index (χ3n) is 4.72. The van der Waals surface area contributed by atoms with Crippen molar-refractivity contribution < 1.29 is 9.53 Å². The molecule has 2 saturated heterocycles. The molecule has 1 amide bonds. The van der Waals surface area contributed by atoms with E-state index in [1.165, 1.54) is 5.56 Å². The Labute approximate surface area is 132 Å². The standard InChI is InChI=1S/C18H26N2O2/c21-18-10-17(12-19-11-15-6-8-22-9-7-15)14-20(18)13-16-4-2-1-3-5-16/h1-5,15,17,19H,6-14H2. The normalized spacial score (nSPS) is 23.2. The van der Waals surface area contributed by atoms with E-state index in [4.69, 9.17) is 4.74 Å². The number of carbonyl (C=O) groups excluding carboxylic acids is 1. The van der Waals surface area contributed by atoms with Gasteiger partial charge in [-0.2, -0.15) is 0 Å². The van der Waals surface area contributed by atoms with Crippen molar-refractivity contribution in [3.8, 4) is 0 Å². The van der Waals surface area contributed by atoms with E-state index < -0.39 is 0 Å². The van der Waals surface area contributed by atoms with Gasteiger partial charge in [0.25, 0.3) is 0 Å². The van der Waals surface area contributed by atoms with Gasteiger partial charge in [0, 0.05) is 39.3 Å². The van der Waals surface area contributed by atoms with Crippen LogP contribution in [0, 0.1) is 11.8 Å². The van der Waals surface area contributed by atoms with Gasteiger partial charge in [-0.25, -0.2) is 0 Å². The van der Waals surface area contributed by atoms with Crippen LogP contribution in [0.5, 0.6) is 0 Å². The first-order valence-electron chi connectivity index (χ1n) is 8.41. The average Bonchev–Trinajstić information content (AvgIpc) is 2.89. The lowest BCUT2D eigenvalue weighted by atomic mass is 10.00. The molecule has 1 aromatic rings. The molecule has 2 fully saturated rings. The molecule has 1 unspecified atom stereocenters. The zero-order chi connectivity index (χ0) is 15.2. The molecule has 1 atom stereocenters. The summed E-state index contributed by atoms with van der Waals surface area (Å²) in [6, 6.07) is 10.2. The smallest absolute Gasteiger partial charge is 0.223 e. The van der Waals surface area contributed by atoms with Crippen molar-refractivity contribution in [3.63, 3.8) is 0 Å². The molecule has 4 nitrogen and oxygen atoms in total. The van der Waals surface area contributed by atoms with Crippen LogP contribution in [0.15, 0.2) is 30.3 Å². The molecule has 0 aliphatic carbocycles. The molecule has 0 spiro atoms. The van der Waals surface area contributed by atoms with Crippen molar-refractivity contribution in [2.45, 2.75) is 25.8 Å². The molecule has 22 heavy (non-hydrogen) atoms. The number of nitrogens with one attached hydrogen (secondary N) is 1. The van der Waals surface area contributed by atoms with Gasteiger partial charge in [0.1, 0.15) is 0 Å². The highest BCUT2D eigenvalue weighted by molar-refractivity contribution is 5.78. The second kappa shape index (κ2) is 7.75. The van der Waals surface area contributed by atoms with Crippen LogP contribution in [0.4, 0.5) is 0 Å². The fraction of sp³-hybridized carbons (Fsp3) is 0.611. The van der Waals surface area contributed by atoms with Crippen LogP contribution in [0.25, 0.3) is 0 Å². The Morgan fingerprint density at radius 2 is 1.82 bits per heavy atom. The predicted octanol–water partition coefficient (Wildman–Crippen LogP) is 2.05. The van der Waals surface area contributed by atoms with Crippen LogP contribution < -0.4 is 5.32 Å². The van der Waals surface area contributed by atoms with E-state index in [1.54, 1.807) is 0 Å². The fourth-order valence-corrected chi connectivity index (χ4v) is 3.39. The van der Waals surface area contributed by atoms with Gasteiger partial charge in [0.05, 0.1) is 0 Å². The minimum absolute atomic E-state index is 0.293. The Morgan fingerprint density at radius 1 is 1.09 bits per heavy atom. The van der Waals surface area contributed by atoms with Crippen molar-refractivity contribution >= 4 is 5.91 Å². The predicted molar refractivity (Wildman–Crippen MR) is 86.4 cm³/mol. The topological polar surface area (TPSA) is 41.6 Å². The van der Waals surface area contributed by atoms with E-state index in [0.29, 0.717) is 18.2 Å². The molecule has 0 saturated carbocycles. The van der Waals surface area contributed by atoms with E-state index in [1.807, 2.05) is 23.1 Å². The Balaban J connectivity index is 1.39. The van der Waals surface area contributed by atoms with E-state index in [0.717, 1.165) is 58.2 Å². The van der Waals surface area contributed by atoms with E-state index in [9.17, 15) is 4.79 Å². The highest BCUT2D eigenvalue weighted by Crippen LogP contribution is 2.20.